The van der Waals surface area contributed by atoms with Crippen LogP contribution in [0.5, 0.6) is 0 Å². The molecule has 0 aliphatic carbocycles. The summed E-state index contributed by atoms with van der Waals surface area (Å²) in [6.45, 7) is 0.587. The summed E-state index contributed by atoms with van der Waals surface area (Å²) < 4.78 is 45.9. The average molecular weight is 216 g/mol. The van der Waals surface area contributed by atoms with Crippen molar-refractivity contribution in [2.24, 2.45) is 0 Å². The summed E-state index contributed by atoms with van der Waals surface area (Å²) in [4.78, 5) is 9.97. The lowest BCUT2D eigenvalue weighted by molar-refractivity contribution is -0.134. The van der Waals surface area contributed by atoms with Crippen LogP contribution >= 0.6 is 0 Å². The Labute approximate surface area is 74.5 Å². The number of carbonyl (C=O) groups is 1. The third-order valence-electron chi connectivity index (χ3n) is 1.20. The van der Waals surface area contributed by atoms with Gasteiger partial charge >= 0.3 is 5.97 Å². The van der Waals surface area contributed by atoms with Crippen LogP contribution < -0.4 is 0 Å². The standard InChI is InChI=1S/C6H10F2O4S/c1-6(7,8)2-3-13(11,12)4-5(9)10/h2-4H2,1H3,(H,9,10). The minimum atomic E-state index is -3.89. The molecule has 0 saturated heterocycles. The monoisotopic (exact) mass is 216 g/mol. The first-order valence-corrected chi connectivity index (χ1v) is 5.24. The maximum atomic E-state index is 12.2. The number of rotatable bonds is 5. The summed E-state index contributed by atoms with van der Waals surface area (Å²) in [6, 6.07) is 0. The normalized spacial score (nSPS) is 12.8. The Bertz CT molecular complexity index is 277. The summed E-state index contributed by atoms with van der Waals surface area (Å²) in [7, 11) is -3.89. The SMILES string of the molecule is CC(F)(F)CCS(=O)(=O)CC(=O)O. The fourth-order valence-corrected chi connectivity index (χ4v) is 1.79. The van der Waals surface area contributed by atoms with Gasteiger partial charge in [-0.05, 0) is 6.92 Å². The van der Waals surface area contributed by atoms with Crippen molar-refractivity contribution in [1.82, 2.24) is 0 Å². The fraction of sp³-hybridized carbons (Fsp3) is 0.833. The second-order valence-electron chi connectivity index (χ2n) is 2.81. The number of aliphatic carboxylic acids is 1. The van der Waals surface area contributed by atoms with Gasteiger partial charge in [-0.1, -0.05) is 0 Å². The molecule has 0 aliphatic heterocycles. The Morgan fingerprint density at radius 1 is 1.46 bits per heavy atom. The summed E-state index contributed by atoms with van der Waals surface area (Å²) in [6.07, 6.45) is -0.845. The molecular weight excluding hydrogens is 206 g/mol. The highest BCUT2D eigenvalue weighted by Crippen LogP contribution is 2.17. The van der Waals surface area contributed by atoms with E-state index >= 15 is 0 Å². The zero-order valence-electron chi connectivity index (χ0n) is 6.96. The number of carboxylic acid groups (broad SMARTS) is 1. The van der Waals surface area contributed by atoms with Gasteiger partial charge in [0.25, 0.3) is 0 Å². The average Bonchev–Trinajstić information content (AvgIpc) is 1.79. The van der Waals surface area contributed by atoms with Crippen LogP contribution in [0, 0.1) is 0 Å². The highest BCUT2D eigenvalue weighted by Gasteiger charge is 2.25. The first kappa shape index (κ1) is 12.3. The number of carboxylic acids is 1. The molecule has 4 nitrogen and oxygen atoms in total. The number of halogens is 2. The number of hydrogen-bond acceptors (Lipinski definition) is 3. The predicted octanol–water partition coefficient (Wildman–Crippen LogP) is 0.531. The third-order valence-corrected chi connectivity index (χ3v) is 2.71. The van der Waals surface area contributed by atoms with E-state index in [1.54, 1.807) is 0 Å². The summed E-state index contributed by atoms with van der Waals surface area (Å²) in [5, 5.41) is 8.11. The Kier molecular flexibility index (Phi) is 3.77. The van der Waals surface area contributed by atoms with Crippen molar-refractivity contribution in [1.29, 1.82) is 0 Å². The van der Waals surface area contributed by atoms with Gasteiger partial charge in [0, 0.05) is 6.42 Å². The third kappa shape index (κ3) is 7.63. The van der Waals surface area contributed by atoms with E-state index in [2.05, 4.69) is 0 Å². The maximum absolute atomic E-state index is 12.2. The lowest BCUT2D eigenvalue weighted by atomic mass is 10.3. The van der Waals surface area contributed by atoms with Gasteiger partial charge < -0.3 is 5.11 Å². The molecule has 0 heterocycles. The van der Waals surface area contributed by atoms with Crippen LogP contribution in [0.2, 0.25) is 0 Å². The first-order chi connectivity index (χ1) is 5.62. The topological polar surface area (TPSA) is 71.4 Å². The van der Waals surface area contributed by atoms with Gasteiger partial charge in [-0.2, -0.15) is 0 Å². The molecule has 0 bridgehead atoms. The largest absolute Gasteiger partial charge is 0.480 e. The second-order valence-corrected chi connectivity index (χ2v) is 4.99. The minimum absolute atomic E-state index is 0.587. The summed E-state index contributed by atoms with van der Waals surface area (Å²) >= 11 is 0. The van der Waals surface area contributed by atoms with E-state index in [9.17, 15) is 22.0 Å². The van der Waals surface area contributed by atoms with Gasteiger partial charge in [0.1, 0.15) is 5.75 Å². The molecule has 0 radical (unpaired) electrons. The molecule has 0 aromatic rings. The van der Waals surface area contributed by atoms with Crippen molar-refractivity contribution >= 4 is 15.8 Å². The van der Waals surface area contributed by atoms with Gasteiger partial charge in [-0.25, -0.2) is 17.2 Å². The number of sulfone groups is 1. The van der Waals surface area contributed by atoms with Crippen molar-refractivity contribution in [3.8, 4) is 0 Å². The van der Waals surface area contributed by atoms with Crippen molar-refractivity contribution in [2.75, 3.05) is 11.5 Å². The van der Waals surface area contributed by atoms with E-state index in [0.717, 1.165) is 0 Å². The molecule has 0 atom stereocenters. The van der Waals surface area contributed by atoms with Crippen LogP contribution in [-0.2, 0) is 14.6 Å². The minimum Gasteiger partial charge on any atom is -0.480 e. The number of hydrogen-bond donors (Lipinski definition) is 1. The fourth-order valence-electron chi connectivity index (χ4n) is 0.595. The van der Waals surface area contributed by atoms with E-state index in [4.69, 9.17) is 5.11 Å². The molecule has 0 amide bonds. The van der Waals surface area contributed by atoms with Crippen LogP contribution in [-0.4, -0.2) is 36.9 Å². The van der Waals surface area contributed by atoms with Gasteiger partial charge in [-0.15, -0.1) is 0 Å². The lowest BCUT2D eigenvalue weighted by Gasteiger charge is -2.08. The molecule has 0 spiro atoms. The first-order valence-electron chi connectivity index (χ1n) is 3.42. The van der Waals surface area contributed by atoms with Crippen LogP contribution in [0.1, 0.15) is 13.3 Å². The van der Waals surface area contributed by atoms with E-state index in [-0.39, 0.29) is 0 Å². The molecule has 7 heteroatoms. The summed E-state index contributed by atoms with van der Waals surface area (Å²) in [5.41, 5.74) is 0. The highest BCUT2D eigenvalue weighted by atomic mass is 32.2. The van der Waals surface area contributed by atoms with Crippen molar-refractivity contribution in [3.05, 3.63) is 0 Å². The van der Waals surface area contributed by atoms with Gasteiger partial charge in [0.05, 0.1) is 5.75 Å². The molecule has 0 saturated carbocycles. The van der Waals surface area contributed by atoms with E-state index < -0.39 is 39.7 Å². The van der Waals surface area contributed by atoms with Crippen LogP contribution in [0.15, 0.2) is 0 Å². The van der Waals surface area contributed by atoms with E-state index in [0.29, 0.717) is 6.92 Å². The van der Waals surface area contributed by atoms with E-state index in [1.807, 2.05) is 0 Å². The molecule has 78 valence electrons. The number of alkyl halides is 2. The molecule has 0 aromatic heterocycles. The second kappa shape index (κ2) is 3.99. The quantitative estimate of drug-likeness (QED) is 0.727. The molecule has 0 unspecified atom stereocenters. The van der Waals surface area contributed by atoms with Crippen LogP contribution in [0.3, 0.4) is 0 Å². The molecule has 0 rings (SSSR count). The van der Waals surface area contributed by atoms with Crippen molar-refractivity contribution in [2.45, 2.75) is 19.3 Å². The smallest absolute Gasteiger partial charge is 0.318 e. The van der Waals surface area contributed by atoms with Crippen LogP contribution in [0.25, 0.3) is 0 Å². The molecule has 1 N–H and O–H groups in total. The van der Waals surface area contributed by atoms with Gasteiger partial charge in [-0.3, -0.25) is 4.79 Å². The molecule has 0 aromatic carbocycles. The lowest BCUT2D eigenvalue weighted by Crippen LogP contribution is -2.22. The maximum Gasteiger partial charge on any atom is 0.318 e. The summed E-state index contributed by atoms with van der Waals surface area (Å²) in [5.74, 6) is -6.50. The zero-order valence-corrected chi connectivity index (χ0v) is 7.77. The van der Waals surface area contributed by atoms with E-state index in [1.165, 1.54) is 0 Å². The van der Waals surface area contributed by atoms with Crippen LogP contribution in [0.4, 0.5) is 8.78 Å². The molecule has 13 heavy (non-hydrogen) atoms. The predicted molar refractivity (Wildman–Crippen MR) is 41.5 cm³/mol. The highest BCUT2D eigenvalue weighted by molar-refractivity contribution is 7.92. The Morgan fingerprint density at radius 3 is 2.23 bits per heavy atom. The molecule has 0 fully saturated rings. The molecular formula is C6H10F2O4S. The Hall–Kier alpha value is -0.720. The Balaban J connectivity index is 4.13. The van der Waals surface area contributed by atoms with Gasteiger partial charge in [0.2, 0.25) is 5.92 Å². The van der Waals surface area contributed by atoms with Crippen molar-refractivity contribution in [3.63, 3.8) is 0 Å². The zero-order chi connectivity index (χ0) is 10.7. The Morgan fingerprint density at radius 2 is 1.92 bits per heavy atom. The van der Waals surface area contributed by atoms with Gasteiger partial charge in [0.15, 0.2) is 9.84 Å². The molecule has 0 aliphatic rings. The van der Waals surface area contributed by atoms with Crippen molar-refractivity contribution < 1.29 is 27.1 Å².